The summed E-state index contributed by atoms with van der Waals surface area (Å²) >= 11 is -38.3. The molecule has 282 valence electrons. The second-order valence-electron chi connectivity index (χ2n) is 7.45. The summed E-state index contributed by atoms with van der Waals surface area (Å²) in [6.07, 6.45) is 0. The van der Waals surface area contributed by atoms with Gasteiger partial charge < -0.3 is 0 Å². The number of rotatable bonds is 5. The molecule has 0 N–H and O–H groups in total. The molecule has 3 rings (SSSR count). The van der Waals surface area contributed by atoms with Crippen molar-refractivity contribution in [3.63, 3.8) is 0 Å². The fourth-order valence-electron chi connectivity index (χ4n) is 2.84. The first-order chi connectivity index (χ1) is 21.5. The van der Waals surface area contributed by atoms with Gasteiger partial charge in [0.2, 0.25) is 0 Å². The first-order valence-corrected chi connectivity index (χ1v) is 35.5. The van der Waals surface area contributed by atoms with Crippen molar-refractivity contribution in [2.75, 3.05) is 0 Å². The second-order valence-corrected chi connectivity index (χ2v) is 22.7. The standard InChI is InChI=1S/C19H15O.6FH.17O.6Sb/c20-19(16-10-4-1-5-11-16,17-12-6-2-7-13-17)18-14-8-3-9-15-18;;;;;;;;;;;;;;;;;;;;;;;;;;;;;/h1-15H;6*1H;;;;;;;;;;;;;;;;;;;;;;;/q-1;;;;;;;;;;;;;11*-1;5*+1;+2/p-6. The molecule has 1 unspecified atom stereocenters. The monoisotopic (exact) mass is 1370 g/mol. The van der Waals surface area contributed by atoms with Gasteiger partial charge in [0.1, 0.15) is 0 Å². The van der Waals surface area contributed by atoms with E-state index in [9.17, 15) is 23.3 Å². The van der Waals surface area contributed by atoms with E-state index in [1.165, 1.54) is 0 Å². The Balaban J connectivity index is -0.000000687. The van der Waals surface area contributed by atoms with Gasteiger partial charge in [-0.25, -0.2) is 0 Å². The van der Waals surface area contributed by atoms with Crippen LogP contribution in [0.15, 0.2) is 91.0 Å². The molecule has 0 radical (unpaired) electrons. The first kappa shape index (κ1) is 53.8. The molecule has 0 aliphatic heterocycles. The van der Waals surface area contributed by atoms with Crippen molar-refractivity contribution in [2.24, 2.45) is 0 Å². The zero-order valence-electron chi connectivity index (χ0n) is 23.0. The SMILES string of the molecule is [O]=[Sb]([O-])([F])[O]C(c1ccccc1)(c1ccccc1)c1ccccc1.[O]=[Sb]([O-])([O-])[F].[O]=[Sb]([O-])([O-])[F].[O]=[Sb]([O-])([O-])[F].[O]=[Sb]([O-])([O-])[F].[O]=[Sb]([O-])([O-])[F]. The van der Waals surface area contributed by atoms with Crippen molar-refractivity contribution in [3.8, 4) is 0 Å². The third kappa shape index (κ3) is 44.6. The zero-order valence-corrected chi connectivity index (χ0v) is 38.3. The molecule has 1 atom stereocenters. The Morgan fingerprint density at radius 3 is 0.633 bits per heavy atom. The van der Waals surface area contributed by atoms with Gasteiger partial charge in [-0.3, -0.25) is 0 Å². The summed E-state index contributed by atoms with van der Waals surface area (Å²) in [5.74, 6) is 0. The second kappa shape index (κ2) is 24.0. The first-order valence-electron chi connectivity index (χ1n) is 11.0. The van der Waals surface area contributed by atoms with Crippen LogP contribution in [0.25, 0.3) is 0 Å². The van der Waals surface area contributed by atoms with E-state index < -0.39 is 127 Å². The van der Waals surface area contributed by atoms with Crippen molar-refractivity contribution in [2.45, 2.75) is 5.60 Å². The Morgan fingerprint density at radius 1 is 0.367 bits per heavy atom. The fourth-order valence-corrected chi connectivity index (χ4v) is 4.68. The average Bonchev–Trinajstić information content (AvgIpc) is 2.83. The zero-order chi connectivity index (χ0) is 39.5. The van der Waals surface area contributed by atoms with Crippen LogP contribution in [-0.2, 0) is 26.7 Å². The summed E-state index contributed by atoms with van der Waals surface area (Å²) in [7, 11) is 0. The molecule has 18 nitrogen and oxygen atoms in total. The predicted octanol–water partition coefficient (Wildman–Crippen LogP) is -9.10. The van der Waals surface area contributed by atoms with Crippen molar-refractivity contribution >= 4 is 121 Å². The Hall–Kier alpha value is 0.469. The van der Waals surface area contributed by atoms with E-state index in [1.54, 1.807) is 72.8 Å². The van der Waals surface area contributed by atoms with Crippen LogP contribution < -0.4 is 37.2 Å². The van der Waals surface area contributed by atoms with Gasteiger partial charge in [0, 0.05) is 0 Å². The molecule has 0 saturated heterocycles. The summed E-state index contributed by atoms with van der Waals surface area (Å²) in [5.41, 5.74) is 0.0913. The summed E-state index contributed by atoms with van der Waals surface area (Å²) in [5, 5.41) is 0. The summed E-state index contributed by atoms with van der Waals surface area (Å²) in [6.45, 7) is 0. The molecule has 0 spiro atoms. The Labute approximate surface area is 305 Å². The third-order valence-electron chi connectivity index (χ3n) is 3.79. The van der Waals surface area contributed by atoms with Crippen molar-refractivity contribution in [3.05, 3.63) is 108 Å². The van der Waals surface area contributed by atoms with Gasteiger partial charge in [-0.15, -0.1) is 0 Å². The van der Waals surface area contributed by atoms with E-state index in [2.05, 4.69) is 0 Å². The average molecular weight is 1380 g/mol. The van der Waals surface area contributed by atoms with E-state index in [1.807, 2.05) is 18.2 Å². The van der Waals surface area contributed by atoms with E-state index in [0.29, 0.717) is 16.7 Å². The van der Waals surface area contributed by atoms with Gasteiger partial charge in [0.25, 0.3) is 0 Å². The summed E-state index contributed by atoms with van der Waals surface area (Å²) < 4.78 is 221. The predicted molar refractivity (Wildman–Crippen MR) is 126 cm³/mol. The molecule has 0 aliphatic rings. The van der Waals surface area contributed by atoms with Crippen molar-refractivity contribution in [1.82, 2.24) is 0 Å². The number of halogens is 6. The number of benzene rings is 3. The minimum absolute atomic E-state index is 0.546. The molecule has 30 heteroatoms. The van der Waals surface area contributed by atoms with Crippen LogP contribution in [0, 0.1) is 0 Å². The van der Waals surface area contributed by atoms with Gasteiger partial charge >= 0.3 is 310 Å². The minimum atomic E-state index is -6.52. The van der Waals surface area contributed by atoms with Crippen molar-refractivity contribution in [1.29, 1.82) is 0 Å². The quantitative estimate of drug-likeness (QED) is 0.130. The summed E-state index contributed by atoms with van der Waals surface area (Å²) in [6, 6.07) is 26.4. The fraction of sp³-hybridized carbons (Fsp3) is 0.0526. The molecule has 0 amide bonds. The third-order valence-corrected chi connectivity index (χ3v) is 5.19. The molecule has 0 fully saturated rings. The van der Waals surface area contributed by atoms with E-state index in [-0.39, 0.29) is 0 Å². The number of hydrogen-bond donors (Lipinski definition) is 0. The maximum atomic E-state index is 13.8. The normalized spacial score (nSPS) is 12.9. The molecule has 0 saturated carbocycles. The van der Waals surface area contributed by atoms with E-state index in [0.717, 1.165) is 0 Å². The van der Waals surface area contributed by atoms with Crippen LogP contribution in [0.4, 0.5) is 16.9 Å². The van der Waals surface area contributed by atoms with Crippen LogP contribution in [0.2, 0.25) is 0 Å². The van der Waals surface area contributed by atoms with E-state index in [4.69, 9.17) is 52.0 Å². The van der Waals surface area contributed by atoms with E-state index >= 15 is 0 Å². The van der Waals surface area contributed by atoms with Crippen LogP contribution >= 0.6 is 0 Å². The maximum absolute atomic E-state index is 13.8. The van der Waals surface area contributed by atoms with Gasteiger partial charge in [-0.05, 0) is 0 Å². The van der Waals surface area contributed by atoms with Gasteiger partial charge in [-0.1, -0.05) is 0 Å². The Morgan fingerprint density at radius 2 is 0.510 bits per heavy atom. The molecule has 0 heterocycles. The topological polar surface area (TPSA) is 365 Å². The van der Waals surface area contributed by atoms with Crippen LogP contribution in [-0.4, -0.2) is 121 Å². The Bertz CT molecular complexity index is 1390. The molecular formula is C19H15F6O18Sb6-11. The molecule has 3 aromatic carbocycles. The molecule has 0 bridgehead atoms. The van der Waals surface area contributed by atoms with Crippen LogP contribution in [0.5, 0.6) is 0 Å². The molecule has 0 aromatic heterocycles. The summed E-state index contributed by atoms with van der Waals surface area (Å²) in [4.78, 5) is 0. The molecular weight excluding hydrogens is 1360 g/mol. The van der Waals surface area contributed by atoms with Crippen molar-refractivity contribution < 1.29 is 75.2 Å². The number of hydrogen-bond acceptors (Lipinski definition) is 18. The molecule has 49 heavy (non-hydrogen) atoms. The molecule has 3 aromatic rings. The van der Waals surface area contributed by atoms with Crippen LogP contribution in [0.1, 0.15) is 16.7 Å². The molecule has 0 aliphatic carbocycles. The Kier molecular flexibility index (Phi) is 26.4. The van der Waals surface area contributed by atoms with Gasteiger partial charge in [-0.2, -0.15) is 0 Å². The van der Waals surface area contributed by atoms with Gasteiger partial charge in [0.15, 0.2) is 0 Å². The van der Waals surface area contributed by atoms with Gasteiger partial charge in [0.05, 0.1) is 0 Å². The van der Waals surface area contributed by atoms with Crippen LogP contribution in [0.3, 0.4) is 0 Å².